The normalized spacial score (nSPS) is 17.6. The summed E-state index contributed by atoms with van der Waals surface area (Å²) >= 11 is 0. The van der Waals surface area contributed by atoms with E-state index in [4.69, 9.17) is 4.74 Å². The minimum absolute atomic E-state index is 0.346. The van der Waals surface area contributed by atoms with Crippen LogP contribution in [0.2, 0.25) is 0 Å². The van der Waals surface area contributed by atoms with E-state index in [0.29, 0.717) is 22.8 Å². The van der Waals surface area contributed by atoms with E-state index in [0.717, 1.165) is 24.3 Å². The zero-order valence-electron chi connectivity index (χ0n) is 21.9. The zero-order chi connectivity index (χ0) is 24.9. The number of hydrogen-bond donors (Lipinski definition) is 0. The van der Waals surface area contributed by atoms with Gasteiger partial charge in [-0.05, 0) is 85.8 Å². The van der Waals surface area contributed by atoms with E-state index >= 15 is 0 Å². The number of benzene rings is 2. The number of unbranched alkanes of at least 4 members (excludes halogenated alkanes) is 6. The molecule has 3 rings (SSSR count). The summed E-state index contributed by atoms with van der Waals surface area (Å²) in [5.74, 6) is 1.43. The summed E-state index contributed by atoms with van der Waals surface area (Å²) < 4.78 is 5.62. The van der Waals surface area contributed by atoms with Crippen LogP contribution in [0.4, 0.5) is 0 Å². The number of rotatable bonds is 13. The Morgan fingerprint density at radius 2 is 1.57 bits per heavy atom. The molecule has 1 aliphatic rings. The van der Waals surface area contributed by atoms with Gasteiger partial charge in [-0.1, -0.05) is 83.4 Å². The number of aryl methyl sites for hydroxylation is 1. The Kier molecular flexibility index (Phi) is 11.4. The first-order valence-corrected chi connectivity index (χ1v) is 14.0. The first kappa shape index (κ1) is 27.0. The van der Waals surface area contributed by atoms with Gasteiger partial charge in [0.15, 0.2) is 0 Å². The molecule has 0 radical (unpaired) electrons. The largest absolute Gasteiger partial charge is 0.422 e. The smallest absolute Gasteiger partial charge is 0.343 e. The van der Waals surface area contributed by atoms with Crippen LogP contribution in [0.25, 0.3) is 0 Å². The molecule has 35 heavy (non-hydrogen) atoms. The van der Waals surface area contributed by atoms with Crippen LogP contribution in [-0.4, -0.2) is 5.97 Å². The number of esters is 1. The minimum atomic E-state index is -0.403. The second kappa shape index (κ2) is 14.7. The van der Waals surface area contributed by atoms with Gasteiger partial charge >= 0.3 is 5.97 Å². The van der Waals surface area contributed by atoms with E-state index < -0.39 is 5.97 Å². The summed E-state index contributed by atoms with van der Waals surface area (Å²) in [7, 11) is 0. The lowest BCUT2D eigenvalue weighted by Gasteiger charge is -2.28. The fourth-order valence-corrected chi connectivity index (χ4v) is 5.44. The van der Waals surface area contributed by atoms with Crippen molar-refractivity contribution in [2.24, 2.45) is 5.92 Å². The Balaban J connectivity index is 1.50. The molecule has 1 fully saturated rings. The number of carbonyl (C=O) groups excluding carboxylic acids is 1. The average Bonchev–Trinajstić information content (AvgIpc) is 2.89. The predicted octanol–water partition coefficient (Wildman–Crippen LogP) is 9.14. The molecule has 0 heterocycles. The number of nitrogens with zero attached hydrogens (tertiary/aromatic N) is 1. The van der Waals surface area contributed by atoms with Gasteiger partial charge in [0.2, 0.25) is 0 Å². The molecule has 0 bridgehead atoms. The van der Waals surface area contributed by atoms with Crippen LogP contribution in [0.3, 0.4) is 0 Å². The molecule has 0 saturated heterocycles. The maximum atomic E-state index is 12.8. The highest BCUT2D eigenvalue weighted by Crippen LogP contribution is 2.37. The van der Waals surface area contributed by atoms with Gasteiger partial charge in [-0.25, -0.2) is 4.79 Å². The maximum Gasteiger partial charge on any atom is 0.343 e. The van der Waals surface area contributed by atoms with Gasteiger partial charge in [-0.15, -0.1) is 0 Å². The molecule has 2 aromatic carbocycles. The molecular weight excluding hydrogens is 430 g/mol. The predicted molar refractivity (Wildman–Crippen MR) is 144 cm³/mol. The van der Waals surface area contributed by atoms with E-state index in [1.54, 1.807) is 6.07 Å². The van der Waals surface area contributed by atoms with Gasteiger partial charge in [0.1, 0.15) is 11.8 Å². The third-order valence-electron chi connectivity index (χ3n) is 7.60. The van der Waals surface area contributed by atoms with Crippen LogP contribution in [0.5, 0.6) is 5.75 Å². The number of carbonyl (C=O) groups is 1. The molecule has 3 nitrogen and oxygen atoms in total. The van der Waals surface area contributed by atoms with E-state index in [2.05, 4.69) is 32.0 Å². The Morgan fingerprint density at radius 1 is 0.886 bits per heavy atom. The van der Waals surface area contributed by atoms with Gasteiger partial charge in [0.25, 0.3) is 0 Å². The van der Waals surface area contributed by atoms with Crippen molar-refractivity contribution in [1.29, 1.82) is 5.26 Å². The molecule has 0 amide bonds. The third kappa shape index (κ3) is 8.53. The minimum Gasteiger partial charge on any atom is -0.422 e. The van der Waals surface area contributed by atoms with Crippen molar-refractivity contribution in [1.82, 2.24) is 0 Å². The van der Waals surface area contributed by atoms with Crippen LogP contribution in [-0.2, 0) is 6.42 Å². The summed E-state index contributed by atoms with van der Waals surface area (Å²) in [5.41, 5.74) is 3.42. The van der Waals surface area contributed by atoms with Crippen LogP contribution in [0.15, 0.2) is 42.5 Å². The zero-order valence-corrected chi connectivity index (χ0v) is 21.9. The Hall–Kier alpha value is -2.60. The van der Waals surface area contributed by atoms with Crippen LogP contribution >= 0.6 is 0 Å². The number of hydrogen-bond acceptors (Lipinski definition) is 3. The van der Waals surface area contributed by atoms with Gasteiger partial charge < -0.3 is 4.74 Å². The van der Waals surface area contributed by atoms with E-state index in [9.17, 15) is 10.1 Å². The van der Waals surface area contributed by atoms with Crippen molar-refractivity contribution < 1.29 is 9.53 Å². The molecule has 0 atom stereocenters. The summed E-state index contributed by atoms with van der Waals surface area (Å²) in [6.45, 7) is 4.51. The Morgan fingerprint density at radius 3 is 2.23 bits per heavy atom. The fraction of sp³-hybridized carbons (Fsp3) is 0.562. The molecule has 2 aromatic rings. The van der Waals surface area contributed by atoms with Crippen molar-refractivity contribution in [2.75, 3.05) is 0 Å². The van der Waals surface area contributed by atoms with Crippen molar-refractivity contribution >= 4 is 5.97 Å². The summed E-state index contributed by atoms with van der Waals surface area (Å²) in [5, 5.41) is 9.61. The first-order chi connectivity index (χ1) is 17.1. The molecule has 3 heteroatoms. The molecule has 0 unspecified atom stereocenters. The number of nitriles is 1. The summed E-state index contributed by atoms with van der Waals surface area (Å²) in [4.78, 5) is 12.8. The quantitative estimate of drug-likeness (QED) is 0.165. The van der Waals surface area contributed by atoms with Gasteiger partial charge in [0, 0.05) is 0 Å². The monoisotopic (exact) mass is 473 g/mol. The van der Waals surface area contributed by atoms with E-state index in [-0.39, 0.29) is 0 Å². The maximum absolute atomic E-state index is 12.8. The molecule has 0 aliphatic heterocycles. The number of ether oxygens (including phenoxy) is 1. The molecule has 0 spiro atoms. The lowest BCUT2D eigenvalue weighted by molar-refractivity contribution is 0.0734. The lowest BCUT2D eigenvalue weighted by atomic mass is 9.77. The average molecular weight is 474 g/mol. The fourth-order valence-electron chi connectivity index (χ4n) is 5.44. The summed E-state index contributed by atoms with van der Waals surface area (Å²) in [6, 6.07) is 15.7. The second-order valence-corrected chi connectivity index (χ2v) is 10.3. The second-order valence-electron chi connectivity index (χ2n) is 10.3. The molecule has 0 N–H and O–H groups in total. The topological polar surface area (TPSA) is 50.1 Å². The molecular formula is C32H43NO2. The standard InChI is InChI=1S/C32H43NO2/c1-3-5-6-7-8-9-10-12-26-15-22-31(30(23-26)24-33)35-32(34)29-20-18-28(19-21-29)27-16-13-25(11-4-2)14-17-27/h15,18-23,25,27H,3-14,16-17H2,1-2H3. The highest BCUT2D eigenvalue weighted by molar-refractivity contribution is 5.91. The Labute approximate surface area is 212 Å². The highest BCUT2D eigenvalue weighted by atomic mass is 16.5. The van der Waals surface area contributed by atoms with Crippen molar-refractivity contribution in [2.45, 2.75) is 110 Å². The van der Waals surface area contributed by atoms with E-state index in [1.165, 1.54) is 82.6 Å². The van der Waals surface area contributed by atoms with E-state index in [1.807, 2.05) is 24.3 Å². The van der Waals surface area contributed by atoms with Crippen LogP contribution in [0, 0.1) is 17.2 Å². The molecule has 1 aliphatic carbocycles. The van der Waals surface area contributed by atoms with Gasteiger partial charge in [-0.3, -0.25) is 0 Å². The third-order valence-corrected chi connectivity index (χ3v) is 7.60. The SMILES string of the molecule is CCCCCCCCCc1ccc(OC(=O)c2ccc(C3CCC(CCC)CC3)cc2)c(C#N)c1. The van der Waals surface area contributed by atoms with Crippen LogP contribution in [0.1, 0.15) is 130 Å². The lowest BCUT2D eigenvalue weighted by Crippen LogP contribution is -2.14. The van der Waals surface area contributed by atoms with Gasteiger partial charge in [-0.2, -0.15) is 5.26 Å². The van der Waals surface area contributed by atoms with Crippen molar-refractivity contribution in [3.05, 3.63) is 64.7 Å². The Bertz CT molecular complexity index is 949. The van der Waals surface area contributed by atoms with Crippen molar-refractivity contribution in [3.8, 4) is 11.8 Å². The first-order valence-electron chi connectivity index (χ1n) is 14.0. The molecule has 1 saturated carbocycles. The van der Waals surface area contributed by atoms with Crippen molar-refractivity contribution in [3.63, 3.8) is 0 Å². The van der Waals surface area contributed by atoms with Gasteiger partial charge in [0.05, 0.1) is 11.1 Å². The molecule has 0 aromatic heterocycles. The summed E-state index contributed by atoms with van der Waals surface area (Å²) in [6.07, 6.45) is 17.6. The molecule has 188 valence electrons. The van der Waals surface area contributed by atoms with Crippen LogP contribution < -0.4 is 4.74 Å². The highest BCUT2D eigenvalue weighted by Gasteiger charge is 2.22.